The molecule has 0 aliphatic heterocycles. The molecule has 0 aliphatic rings. The van der Waals surface area contributed by atoms with Gasteiger partial charge in [0.25, 0.3) is 0 Å². The Balaban J connectivity index is 1.68. The average molecular weight is 337 g/mol. The molecule has 0 N–H and O–H groups in total. The fraction of sp³-hybridized carbons (Fsp3) is 0.286. The lowest BCUT2D eigenvalue weighted by Crippen LogP contribution is -2.24. The van der Waals surface area contributed by atoms with E-state index in [1.54, 1.807) is 0 Å². The van der Waals surface area contributed by atoms with Gasteiger partial charge in [-0.25, -0.2) is 0 Å². The van der Waals surface area contributed by atoms with Crippen LogP contribution in [0.25, 0.3) is 10.9 Å². The maximum absolute atomic E-state index is 11.5. The SMILES string of the molecule is CC(=O)OC(COCc1ccccc1)Cc1cn(C)c2ccccc12. The second-order valence-corrected chi connectivity index (χ2v) is 6.22. The molecular formula is C21H23NO3. The van der Waals surface area contributed by atoms with E-state index >= 15 is 0 Å². The summed E-state index contributed by atoms with van der Waals surface area (Å²) < 4.78 is 13.4. The molecule has 25 heavy (non-hydrogen) atoms. The number of fused-ring (bicyclic) bond motifs is 1. The maximum atomic E-state index is 11.5. The first-order valence-electron chi connectivity index (χ1n) is 8.45. The highest BCUT2D eigenvalue weighted by Crippen LogP contribution is 2.22. The summed E-state index contributed by atoms with van der Waals surface area (Å²) in [6, 6.07) is 18.2. The standard InChI is InChI=1S/C21H23NO3/c1-16(23)25-19(15-24-14-17-8-4-3-5-9-17)12-18-13-22(2)21-11-7-6-10-20(18)21/h3-11,13,19H,12,14-15H2,1-2H3. The van der Waals surface area contributed by atoms with Crippen molar-refractivity contribution >= 4 is 16.9 Å². The summed E-state index contributed by atoms with van der Waals surface area (Å²) >= 11 is 0. The molecule has 1 unspecified atom stereocenters. The number of benzene rings is 2. The zero-order chi connectivity index (χ0) is 17.6. The zero-order valence-corrected chi connectivity index (χ0v) is 14.6. The molecule has 0 spiro atoms. The summed E-state index contributed by atoms with van der Waals surface area (Å²) in [5.41, 5.74) is 3.44. The first-order chi connectivity index (χ1) is 12.1. The highest BCUT2D eigenvalue weighted by Gasteiger charge is 2.17. The molecule has 0 fully saturated rings. The number of aryl methyl sites for hydroxylation is 1. The van der Waals surface area contributed by atoms with Gasteiger partial charge in [0, 0.05) is 37.5 Å². The Morgan fingerprint density at radius 3 is 2.56 bits per heavy atom. The van der Waals surface area contributed by atoms with Gasteiger partial charge in [-0.1, -0.05) is 48.5 Å². The van der Waals surface area contributed by atoms with E-state index in [4.69, 9.17) is 9.47 Å². The lowest BCUT2D eigenvalue weighted by Gasteiger charge is -2.17. The quantitative estimate of drug-likeness (QED) is 0.615. The predicted octanol–water partition coefficient (Wildman–Crippen LogP) is 3.87. The van der Waals surface area contributed by atoms with Crippen LogP contribution in [0.1, 0.15) is 18.1 Å². The number of carbonyl (C=O) groups is 1. The van der Waals surface area contributed by atoms with Gasteiger partial charge in [-0.15, -0.1) is 0 Å². The second kappa shape index (κ2) is 7.99. The number of hydrogen-bond acceptors (Lipinski definition) is 3. The van der Waals surface area contributed by atoms with Crippen molar-refractivity contribution in [3.8, 4) is 0 Å². The van der Waals surface area contributed by atoms with Gasteiger partial charge in [-0.05, 0) is 17.2 Å². The highest BCUT2D eigenvalue weighted by molar-refractivity contribution is 5.84. The van der Waals surface area contributed by atoms with Gasteiger partial charge < -0.3 is 14.0 Å². The van der Waals surface area contributed by atoms with Gasteiger partial charge >= 0.3 is 5.97 Å². The molecule has 3 rings (SSSR count). The molecule has 3 aromatic rings. The number of rotatable bonds is 7. The van der Waals surface area contributed by atoms with E-state index in [0.29, 0.717) is 19.6 Å². The molecule has 0 bridgehead atoms. The van der Waals surface area contributed by atoms with Crippen LogP contribution in [0.3, 0.4) is 0 Å². The first kappa shape index (κ1) is 17.2. The van der Waals surface area contributed by atoms with Crippen LogP contribution < -0.4 is 0 Å². The molecule has 4 nitrogen and oxygen atoms in total. The molecule has 0 saturated heterocycles. The number of carbonyl (C=O) groups excluding carboxylic acids is 1. The summed E-state index contributed by atoms with van der Waals surface area (Å²) in [7, 11) is 2.03. The van der Waals surface area contributed by atoms with Crippen molar-refractivity contribution in [3.63, 3.8) is 0 Å². The van der Waals surface area contributed by atoms with Crippen LogP contribution >= 0.6 is 0 Å². The summed E-state index contributed by atoms with van der Waals surface area (Å²) in [4.78, 5) is 11.5. The van der Waals surface area contributed by atoms with Crippen molar-refractivity contribution in [1.29, 1.82) is 0 Å². The van der Waals surface area contributed by atoms with Crippen molar-refractivity contribution in [3.05, 3.63) is 71.9 Å². The number of aromatic nitrogens is 1. The maximum Gasteiger partial charge on any atom is 0.302 e. The van der Waals surface area contributed by atoms with E-state index in [0.717, 1.165) is 11.1 Å². The molecule has 1 atom stereocenters. The zero-order valence-electron chi connectivity index (χ0n) is 14.6. The Labute approximate surface area is 148 Å². The molecule has 0 radical (unpaired) electrons. The van der Waals surface area contributed by atoms with E-state index in [-0.39, 0.29) is 12.1 Å². The summed E-state index contributed by atoms with van der Waals surface area (Å²) in [5.74, 6) is -0.284. The number of nitrogens with zero attached hydrogens (tertiary/aromatic N) is 1. The lowest BCUT2D eigenvalue weighted by molar-refractivity contribution is -0.149. The normalized spacial score (nSPS) is 12.2. The van der Waals surface area contributed by atoms with Crippen LogP contribution in [0.4, 0.5) is 0 Å². The van der Waals surface area contributed by atoms with E-state index in [2.05, 4.69) is 22.9 Å². The minimum atomic E-state index is -0.299. The van der Waals surface area contributed by atoms with Crippen LogP contribution in [0.5, 0.6) is 0 Å². The van der Waals surface area contributed by atoms with Crippen LogP contribution in [-0.4, -0.2) is 23.2 Å². The molecule has 1 aromatic heterocycles. The number of esters is 1. The Kier molecular flexibility index (Phi) is 5.51. The third-order valence-electron chi connectivity index (χ3n) is 4.17. The van der Waals surface area contributed by atoms with E-state index in [1.807, 2.05) is 49.5 Å². The summed E-state index contributed by atoms with van der Waals surface area (Å²) in [5, 5.41) is 1.19. The average Bonchev–Trinajstić information content (AvgIpc) is 2.92. The van der Waals surface area contributed by atoms with Crippen molar-refractivity contribution in [1.82, 2.24) is 4.57 Å². The lowest BCUT2D eigenvalue weighted by atomic mass is 10.1. The van der Waals surface area contributed by atoms with Crippen molar-refractivity contribution < 1.29 is 14.3 Å². The first-order valence-corrected chi connectivity index (χ1v) is 8.45. The highest BCUT2D eigenvalue weighted by atomic mass is 16.6. The van der Waals surface area contributed by atoms with E-state index in [1.165, 1.54) is 17.8 Å². The van der Waals surface area contributed by atoms with Crippen molar-refractivity contribution in [2.24, 2.45) is 7.05 Å². The molecule has 0 amide bonds. The van der Waals surface area contributed by atoms with Crippen LogP contribution in [0.2, 0.25) is 0 Å². The van der Waals surface area contributed by atoms with Gasteiger partial charge in [0.1, 0.15) is 6.10 Å². The monoisotopic (exact) mass is 337 g/mol. The third kappa shape index (κ3) is 4.48. The molecule has 130 valence electrons. The van der Waals surface area contributed by atoms with Gasteiger partial charge in [0.15, 0.2) is 0 Å². The molecule has 1 heterocycles. The minimum Gasteiger partial charge on any atom is -0.460 e. The van der Waals surface area contributed by atoms with Crippen LogP contribution in [0, 0.1) is 0 Å². The third-order valence-corrected chi connectivity index (χ3v) is 4.17. The summed E-state index contributed by atoms with van der Waals surface area (Å²) in [6.07, 6.45) is 2.43. The molecular weight excluding hydrogens is 314 g/mol. The number of para-hydroxylation sites is 1. The van der Waals surface area contributed by atoms with Crippen molar-refractivity contribution in [2.75, 3.05) is 6.61 Å². The Morgan fingerprint density at radius 1 is 1.08 bits per heavy atom. The summed E-state index contributed by atoms with van der Waals surface area (Å²) in [6.45, 7) is 2.32. The van der Waals surface area contributed by atoms with E-state index in [9.17, 15) is 4.79 Å². The molecule has 4 heteroatoms. The van der Waals surface area contributed by atoms with E-state index < -0.39 is 0 Å². The largest absolute Gasteiger partial charge is 0.460 e. The predicted molar refractivity (Wildman–Crippen MR) is 98.3 cm³/mol. The topological polar surface area (TPSA) is 40.5 Å². The van der Waals surface area contributed by atoms with Gasteiger partial charge in [-0.2, -0.15) is 0 Å². The Bertz CT molecular complexity index is 839. The number of ether oxygens (including phenoxy) is 2. The van der Waals surface area contributed by atoms with Crippen molar-refractivity contribution in [2.45, 2.75) is 26.1 Å². The second-order valence-electron chi connectivity index (χ2n) is 6.22. The Morgan fingerprint density at radius 2 is 1.80 bits per heavy atom. The minimum absolute atomic E-state index is 0.284. The number of hydrogen-bond donors (Lipinski definition) is 0. The molecule has 0 aliphatic carbocycles. The molecule has 0 saturated carbocycles. The van der Waals surface area contributed by atoms with Gasteiger partial charge in [-0.3, -0.25) is 4.79 Å². The van der Waals surface area contributed by atoms with Crippen LogP contribution in [-0.2, 0) is 34.3 Å². The fourth-order valence-corrected chi connectivity index (χ4v) is 3.09. The fourth-order valence-electron chi connectivity index (χ4n) is 3.09. The van der Waals surface area contributed by atoms with Gasteiger partial charge in [0.05, 0.1) is 13.2 Å². The molecule has 2 aromatic carbocycles. The van der Waals surface area contributed by atoms with Gasteiger partial charge in [0.2, 0.25) is 0 Å². The Hall–Kier alpha value is -2.59. The smallest absolute Gasteiger partial charge is 0.302 e. The van der Waals surface area contributed by atoms with Crippen LogP contribution in [0.15, 0.2) is 60.8 Å².